The summed E-state index contributed by atoms with van der Waals surface area (Å²) in [5.41, 5.74) is 2.72. The monoisotopic (exact) mass is 256 g/mol. The van der Waals surface area contributed by atoms with Gasteiger partial charge in [0.15, 0.2) is 0 Å². The van der Waals surface area contributed by atoms with Gasteiger partial charge in [0.1, 0.15) is 0 Å². The summed E-state index contributed by atoms with van der Waals surface area (Å²) < 4.78 is 0. The first-order chi connectivity index (χ1) is 9.40. The van der Waals surface area contributed by atoms with Gasteiger partial charge in [-0.3, -0.25) is 0 Å². The van der Waals surface area contributed by atoms with Crippen molar-refractivity contribution < 1.29 is 0 Å². The van der Waals surface area contributed by atoms with Crippen LogP contribution in [-0.4, -0.2) is 19.6 Å². The molecule has 0 amide bonds. The number of nitrogens with one attached hydrogen (secondary N) is 1. The van der Waals surface area contributed by atoms with E-state index in [0.717, 1.165) is 25.9 Å². The van der Waals surface area contributed by atoms with Crippen molar-refractivity contribution in [2.45, 2.75) is 38.6 Å². The highest BCUT2D eigenvalue weighted by atomic mass is 15.1. The second kappa shape index (κ2) is 7.86. The van der Waals surface area contributed by atoms with Crippen LogP contribution in [-0.2, 0) is 6.54 Å². The molecule has 1 heterocycles. The zero-order chi connectivity index (χ0) is 13.3. The van der Waals surface area contributed by atoms with E-state index < -0.39 is 0 Å². The summed E-state index contributed by atoms with van der Waals surface area (Å²) in [4.78, 5) is 2.49. The van der Waals surface area contributed by atoms with Crippen LogP contribution in [0.4, 0.5) is 5.69 Å². The minimum atomic E-state index is 0.862. The van der Waals surface area contributed by atoms with E-state index in [0.29, 0.717) is 0 Å². The van der Waals surface area contributed by atoms with Crippen LogP contribution in [0.15, 0.2) is 24.3 Å². The molecule has 0 aromatic heterocycles. The molecule has 1 fully saturated rings. The zero-order valence-electron chi connectivity index (χ0n) is 11.7. The van der Waals surface area contributed by atoms with Crippen molar-refractivity contribution in [1.82, 2.24) is 5.32 Å². The molecule has 0 atom stereocenters. The Bertz CT molecular complexity index is 396. The van der Waals surface area contributed by atoms with E-state index in [1.165, 1.54) is 43.6 Å². The molecule has 2 rings (SSSR count). The predicted octanol–water partition coefficient (Wildman–Crippen LogP) is 3.18. The van der Waals surface area contributed by atoms with E-state index in [2.05, 4.69) is 40.4 Å². The van der Waals surface area contributed by atoms with Gasteiger partial charge in [0.05, 0.1) is 0 Å². The Kier molecular flexibility index (Phi) is 5.78. The van der Waals surface area contributed by atoms with Crippen LogP contribution in [0.1, 0.15) is 37.7 Å². The van der Waals surface area contributed by atoms with Crippen LogP contribution in [0, 0.1) is 12.3 Å². The summed E-state index contributed by atoms with van der Waals surface area (Å²) in [6.45, 7) is 4.36. The summed E-state index contributed by atoms with van der Waals surface area (Å²) in [5, 5.41) is 3.43. The Morgan fingerprint density at radius 3 is 2.53 bits per heavy atom. The molecule has 1 saturated heterocycles. The molecular formula is C17H24N2. The zero-order valence-corrected chi connectivity index (χ0v) is 11.7. The van der Waals surface area contributed by atoms with Gasteiger partial charge in [-0.15, -0.1) is 12.3 Å². The third-order valence-electron chi connectivity index (χ3n) is 3.66. The van der Waals surface area contributed by atoms with E-state index in [-0.39, 0.29) is 0 Å². The van der Waals surface area contributed by atoms with Crippen molar-refractivity contribution in [2.75, 3.05) is 24.5 Å². The lowest BCUT2D eigenvalue weighted by Crippen LogP contribution is -2.29. The number of piperidine rings is 1. The number of hydrogen-bond acceptors (Lipinski definition) is 2. The molecule has 2 heteroatoms. The van der Waals surface area contributed by atoms with Crippen LogP contribution >= 0.6 is 0 Å². The van der Waals surface area contributed by atoms with E-state index >= 15 is 0 Å². The number of anilines is 1. The molecule has 0 bridgehead atoms. The third-order valence-corrected chi connectivity index (χ3v) is 3.66. The largest absolute Gasteiger partial charge is 0.372 e. The fraction of sp³-hybridized carbons (Fsp3) is 0.529. The van der Waals surface area contributed by atoms with Crippen LogP contribution in [0.5, 0.6) is 0 Å². The summed E-state index contributed by atoms with van der Waals surface area (Å²) >= 11 is 0. The van der Waals surface area contributed by atoms with Crippen LogP contribution in [0.3, 0.4) is 0 Å². The molecule has 0 spiro atoms. The van der Waals surface area contributed by atoms with Crippen LogP contribution < -0.4 is 10.2 Å². The fourth-order valence-electron chi connectivity index (χ4n) is 2.52. The molecule has 0 aliphatic carbocycles. The minimum Gasteiger partial charge on any atom is -0.372 e. The summed E-state index contributed by atoms with van der Waals surface area (Å²) in [6.07, 6.45) is 11.2. The van der Waals surface area contributed by atoms with Crippen LogP contribution in [0.2, 0.25) is 0 Å². The average molecular weight is 256 g/mol. The van der Waals surface area contributed by atoms with Gasteiger partial charge in [-0.2, -0.15) is 0 Å². The Morgan fingerprint density at radius 1 is 1.11 bits per heavy atom. The first-order valence-electron chi connectivity index (χ1n) is 7.38. The molecule has 0 saturated carbocycles. The lowest BCUT2D eigenvalue weighted by Gasteiger charge is -2.28. The Hall–Kier alpha value is -1.46. The van der Waals surface area contributed by atoms with Gasteiger partial charge in [-0.1, -0.05) is 12.1 Å². The van der Waals surface area contributed by atoms with Crippen molar-refractivity contribution in [3.63, 3.8) is 0 Å². The Labute approximate surface area is 117 Å². The second-order valence-electron chi connectivity index (χ2n) is 5.20. The van der Waals surface area contributed by atoms with Gasteiger partial charge in [0, 0.05) is 31.7 Å². The maximum Gasteiger partial charge on any atom is 0.0366 e. The van der Waals surface area contributed by atoms with Gasteiger partial charge >= 0.3 is 0 Å². The molecule has 1 aliphatic heterocycles. The van der Waals surface area contributed by atoms with Gasteiger partial charge in [0.2, 0.25) is 0 Å². The molecule has 19 heavy (non-hydrogen) atoms. The SMILES string of the molecule is C#CCCCNCc1ccc(N2CCCCC2)cc1. The third kappa shape index (κ3) is 4.61. The first kappa shape index (κ1) is 14.0. The van der Waals surface area contributed by atoms with Crippen molar-refractivity contribution in [2.24, 2.45) is 0 Å². The summed E-state index contributed by atoms with van der Waals surface area (Å²) in [6, 6.07) is 8.98. The quantitative estimate of drug-likeness (QED) is 0.621. The molecule has 1 N–H and O–H groups in total. The van der Waals surface area contributed by atoms with Gasteiger partial charge in [-0.05, 0) is 49.9 Å². The van der Waals surface area contributed by atoms with E-state index in [1.54, 1.807) is 0 Å². The number of hydrogen-bond donors (Lipinski definition) is 1. The minimum absolute atomic E-state index is 0.862. The van der Waals surface area contributed by atoms with Gasteiger partial charge in [0.25, 0.3) is 0 Å². The highest BCUT2D eigenvalue weighted by Gasteiger charge is 2.10. The number of terminal acetylenes is 1. The molecule has 1 aliphatic rings. The molecule has 0 unspecified atom stereocenters. The van der Waals surface area contributed by atoms with Crippen molar-refractivity contribution in [3.8, 4) is 12.3 Å². The van der Waals surface area contributed by atoms with Crippen molar-refractivity contribution in [3.05, 3.63) is 29.8 Å². The molecule has 102 valence electrons. The van der Waals surface area contributed by atoms with Gasteiger partial charge in [-0.25, -0.2) is 0 Å². The smallest absolute Gasteiger partial charge is 0.0366 e. The number of nitrogens with zero attached hydrogens (tertiary/aromatic N) is 1. The molecule has 0 radical (unpaired) electrons. The lowest BCUT2D eigenvalue weighted by atomic mass is 10.1. The van der Waals surface area contributed by atoms with Crippen LogP contribution in [0.25, 0.3) is 0 Å². The highest BCUT2D eigenvalue weighted by Crippen LogP contribution is 2.20. The average Bonchev–Trinajstić information content (AvgIpc) is 2.49. The molecule has 1 aromatic carbocycles. The summed E-state index contributed by atoms with van der Waals surface area (Å²) in [5.74, 6) is 2.66. The van der Waals surface area contributed by atoms with Crippen molar-refractivity contribution in [1.29, 1.82) is 0 Å². The normalized spacial score (nSPS) is 15.2. The summed E-state index contributed by atoms with van der Waals surface area (Å²) in [7, 11) is 0. The fourth-order valence-corrected chi connectivity index (χ4v) is 2.52. The number of rotatable bonds is 6. The Morgan fingerprint density at radius 2 is 1.84 bits per heavy atom. The molecular weight excluding hydrogens is 232 g/mol. The van der Waals surface area contributed by atoms with E-state index in [9.17, 15) is 0 Å². The topological polar surface area (TPSA) is 15.3 Å². The standard InChI is InChI=1S/C17H24N2/c1-2-3-5-12-18-15-16-8-10-17(11-9-16)19-13-6-4-7-14-19/h1,8-11,18H,3-7,12-15H2. The number of benzene rings is 1. The predicted molar refractivity (Wildman–Crippen MR) is 82.3 cm³/mol. The Balaban J connectivity index is 1.76. The second-order valence-corrected chi connectivity index (χ2v) is 5.20. The maximum absolute atomic E-state index is 5.23. The van der Waals surface area contributed by atoms with E-state index in [1.807, 2.05) is 0 Å². The molecule has 2 nitrogen and oxygen atoms in total. The van der Waals surface area contributed by atoms with Crippen molar-refractivity contribution >= 4 is 5.69 Å². The molecule has 1 aromatic rings. The maximum atomic E-state index is 5.23. The van der Waals surface area contributed by atoms with Gasteiger partial charge < -0.3 is 10.2 Å². The number of unbranched alkanes of at least 4 members (excludes halogenated alkanes) is 1. The first-order valence-corrected chi connectivity index (χ1v) is 7.38. The highest BCUT2D eigenvalue weighted by molar-refractivity contribution is 5.47. The van der Waals surface area contributed by atoms with E-state index in [4.69, 9.17) is 6.42 Å². The lowest BCUT2D eigenvalue weighted by molar-refractivity contribution is 0.577.